The summed E-state index contributed by atoms with van der Waals surface area (Å²) in [5.74, 6) is 0.478. The van der Waals surface area contributed by atoms with Crippen molar-refractivity contribution in [3.05, 3.63) is 63.5 Å². The topological polar surface area (TPSA) is 110 Å². The molecule has 1 aromatic heterocycles. The molecule has 9 heteroatoms. The largest absolute Gasteiger partial charge is 0.504 e. The van der Waals surface area contributed by atoms with Gasteiger partial charge in [-0.25, -0.2) is 4.98 Å². The molecule has 138 valence electrons. The van der Waals surface area contributed by atoms with Gasteiger partial charge in [-0.15, -0.1) is 11.3 Å². The van der Waals surface area contributed by atoms with E-state index in [-0.39, 0.29) is 11.4 Å². The van der Waals surface area contributed by atoms with E-state index in [4.69, 9.17) is 4.74 Å². The molecule has 0 bridgehead atoms. The highest BCUT2D eigenvalue weighted by atomic mass is 32.1. The van der Waals surface area contributed by atoms with Crippen LogP contribution in [-0.4, -0.2) is 27.8 Å². The summed E-state index contributed by atoms with van der Waals surface area (Å²) in [5.41, 5.74) is 5.13. The van der Waals surface area contributed by atoms with Crippen LogP contribution in [0.4, 0.5) is 10.8 Å². The predicted molar refractivity (Wildman–Crippen MR) is 105 cm³/mol. The summed E-state index contributed by atoms with van der Waals surface area (Å²) in [6, 6.07) is 11.2. The van der Waals surface area contributed by atoms with E-state index >= 15 is 0 Å². The summed E-state index contributed by atoms with van der Waals surface area (Å²) >= 11 is 1.37. The Bertz CT molecular complexity index is 970. The van der Waals surface area contributed by atoms with E-state index in [1.54, 1.807) is 36.5 Å². The number of rotatable bonds is 7. The second-order valence-corrected chi connectivity index (χ2v) is 6.23. The van der Waals surface area contributed by atoms with E-state index in [1.165, 1.54) is 23.5 Å². The Morgan fingerprint density at radius 1 is 1.33 bits per heavy atom. The van der Waals surface area contributed by atoms with Crippen molar-refractivity contribution in [2.45, 2.75) is 6.92 Å². The molecule has 0 radical (unpaired) electrons. The van der Waals surface area contributed by atoms with Crippen molar-refractivity contribution in [1.29, 1.82) is 0 Å². The van der Waals surface area contributed by atoms with Crippen LogP contribution in [0.1, 0.15) is 12.5 Å². The molecule has 8 nitrogen and oxygen atoms in total. The number of hydrogen-bond acceptors (Lipinski definition) is 8. The van der Waals surface area contributed by atoms with E-state index in [1.807, 2.05) is 12.3 Å². The molecular formula is C18H16N4O4S. The maximum atomic E-state index is 10.7. The van der Waals surface area contributed by atoms with Crippen molar-refractivity contribution in [2.24, 2.45) is 5.10 Å². The van der Waals surface area contributed by atoms with Crippen molar-refractivity contribution in [3.63, 3.8) is 0 Å². The number of aromatic nitrogens is 1. The van der Waals surface area contributed by atoms with Crippen LogP contribution in [0.2, 0.25) is 0 Å². The molecule has 0 amide bonds. The standard InChI is InChI=1S/C18H16N4O4S/c1-2-26-17-9-12(3-8-16(17)23)10-19-21-18-20-15(11-27-18)13-4-6-14(7-5-13)22(24)25/h3-11,23H,2H2,1H3,(H,20,21)/b19-10-. The van der Waals surface area contributed by atoms with E-state index in [2.05, 4.69) is 15.5 Å². The lowest BCUT2D eigenvalue weighted by Crippen LogP contribution is -1.94. The van der Waals surface area contributed by atoms with Crippen LogP contribution in [0.15, 0.2) is 52.9 Å². The van der Waals surface area contributed by atoms with Crippen molar-refractivity contribution >= 4 is 28.4 Å². The number of ether oxygens (including phenoxy) is 1. The van der Waals surface area contributed by atoms with Crippen LogP contribution in [0.3, 0.4) is 0 Å². The quantitative estimate of drug-likeness (QED) is 0.358. The van der Waals surface area contributed by atoms with Gasteiger partial charge in [0.1, 0.15) is 0 Å². The van der Waals surface area contributed by atoms with Crippen LogP contribution in [0.5, 0.6) is 11.5 Å². The average Bonchev–Trinajstić information content (AvgIpc) is 3.13. The number of benzene rings is 2. The Labute approximate surface area is 158 Å². The normalized spacial score (nSPS) is 10.9. The Morgan fingerprint density at radius 2 is 2.11 bits per heavy atom. The Kier molecular flexibility index (Phi) is 5.62. The Morgan fingerprint density at radius 3 is 2.81 bits per heavy atom. The molecule has 3 aromatic rings. The summed E-state index contributed by atoms with van der Waals surface area (Å²) in [4.78, 5) is 14.7. The molecule has 2 aromatic carbocycles. The van der Waals surface area contributed by atoms with Gasteiger partial charge >= 0.3 is 0 Å². The molecule has 27 heavy (non-hydrogen) atoms. The monoisotopic (exact) mass is 384 g/mol. The maximum absolute atomic E-state index is 10.7. The Balaban J connectivity index is 1.66. The van der Waals surface area contributed by atoms with E-state index in [0.717, 1.165) is 11.1 Å². The first-order chi connectivity index (χ1) is 13.1. The molecule has 0 aliphatic carbocycles. The Hall–Kier alpha value is -3.46. The fraction of sp³-hybridized carbons (Fsp3) is 0.111. The number of hydrogen-bond donors (Lipinski definition) is 2. The van der Waals surface area contributed by atoms with Crippen LogP contribution in [-0.2, 0) is 0 Å². The molecule has 0 aliphatic rings. The van der Waals surface area contributed by atoms with Gasteiger partial charge in [0.05, 0.1) is 23.4 Å². The smallest absolute Gasteiger partial charge is 0.269 e. The lowest BCUT2D eigenvalue weighted by Gasteiger charge is -2.05. The summed E-state index contributed by atoms with van der Waals surface area (Å²) < 4.78 is 5.33. The molecule has 0 saturated carbocycles. The predicted octanol–water partition coefficient (Wildman–Crippen LogP) is 4.27. The fourth-order valence-electron chi connectivity index (χ4n) is 2.26. The SMILES string of the molecule is CCOc1cc(/C=N\Nc2nc(-c3ccc([N+](=O)[O-])cc3)cs2)ccc1O. The zero-order valence-corrected chi connectivity index (χ0v) is 15.1. The van der Waals surface area contributed by atoms with E-state index < -0.39 is 4.92 Å². The number of phenolic OH excluding ortho intramolecular Hbond substituents is 1. The first kappa shape index (κ1) is 18.3. The van der Waals surface area contributed by atoms with Crippen molar-refractivity contribution in [2.75, 3.05) is 12.0 Å². The number of nitrogens with one attached hydrogen (secondary N) is 1. The second-order valence-electron chi connectivity index (χ2n) is 5.37. The average molecular weight is 384 g/mol. The summed E-state index contributed by atoms with van der Waals surface area (Å²) in [7, 11) is 0. The minimum Gasteiger partial charge on any atom is -0.504 e. The van der Waals surface area contributed by atoms with Crippen molar-refractivity contribution < 1.29 is 14.8 Å². The molecule has 0 fully saturated rings. The highest BCUT2D eigenvalue weighted by Crippen LogP contribution is 2.27. The van der Waals surface area contributed by atoms with Gasteiger partial charge in [-0.1, -0.05) is 0 Å². The summed E-state index contributed by atoms with van der Waals surface area (Å²) in [5, 5.41) is 27.0. The van der Waals surface area contributed by atoms with Crippen LogP contribution >= 0.6 is 11.3 Å². The molecule has 2 N–H and O–H groups in total. The van der Waals surface area contributed by atoms with Gasteiger partial charge in [0.2, 0.25) is 5.13 Å². The first-order valence-corrected chi connectivity index (χ1v) is 8.90. The van der Waals surface area contributed by atoms with Gasteiger partial charge in [0.25, 0.3) is 5.69 Å². The van der Waals surface area contributed by atoms with Crippen molar-refractivity contribution in [3.8, 4) is 22.8 Å². The maximum Gasteiger partial charge on any atom is 0.269 e. The molecule has 3 rings (SSSR count). The summed E-state index contributed by atoms with van der Waals surface area (Å²) in [6.07, 6.45) is 1.59. The highest BCUT2D eigenvalue weighted by Gasteiger charge is 2.08. The number of aromatic hydroxyl groups is 1. The third kappa shape index (κ3) is 4.59. The number of nitrogens with zero attached hydrogens (tertiary/aromatic N) is 3. The third-order valence-electron chi connectivity index (χ3n) is 3.54. The van der Waals surface area contributed by atoms with Gasteiger partial charge in [0.15, 0.2) is 11.5 Å². The fourth-order valence-corrected chi connectivity index (χ4v) is 2.92. The molecule has 0 aliphatic heterocycles. The number of hydrazone groups is 1. The molecular weight excluding hydrogens is 368 g/mol. The third-order valence-corrected chi connectivity index (χ3v) is 4.28. The van der Waals surface area contributed by atoms with Crippen LogP contribution in [0.25, 0.3) is 11.3 Å². The first-order valence-electron chi connectivity index (χ1n) is 8.02. The molecule has 1 heterocycles. The zero-order chi connectivity index (χ0) is 19.2. The van der Waals surface area contributed by atoms with Crippen LogP contribution < -0.4 is 10.2 Å². The lowest BCUT2D eigenvalue weighted by atomic mass is 10.1. The molecule has 0 unspecified atom stereocenters. The minimum absolute atomic E-state index is 0.0391. The van der Waals surface area contributed by atoms with Gasteiger partial charge in [-0.3, -0.25) is 15.5 Å². The number of phenols is 1. The van der Waals surface area contributed by atoms with E-state index in [0.29, 0.717) is 23.2 Å². The molecule has 0 saturated heterocycles. The summed E-state index contributed by atoms with van der Waals surface area (Å²) in [6.45, 7) is 2.30. The number of non-ortho nitro benzene ring substituents is 1. The van der Waals surface area contributed by atoms with Crippen molar-refractivity contribution in [1.82, 2.24) is 4.98 Å². The molecule has 0 spiro atoms. The number of thiazole rings is 1. The number of anilines is 1. The minimum atomic E-state index is -0.438. The number of nitro groups is 1. The van der Waals surface area contributed by atoms with Gasteiger partial charge in [-0.05, 0) is 42.8 Å². The number of nitro benzene ring substituents is 1. The van der Waals surface area contributed by atoms with Crippen LogP contribution in [0, 0.1) is 10.1 Å². The lowest BCUT2D eigenvalue weighted by molar-refractivity contribution is -0.384. The van der Waals surface area contributed by atoms with Gasteiger partial charge in [-0.2, -0.15) is 5.10 Å². The molecule has 0 atom stereocenters. The second kappa shape index (κ2) is 8.28. The van der Waals surface area contributed by atoms with Gasteiger partial charge in [0, 0.05) is 23.1 Å². The highest BCUT2D eigenvalue weighted by molar-refractivity contribution is 7.14. The van der Waals surface area contributed by atoms with E-state index in [9.17, 15) is 15.2 Å². The zero-order valence-electron chi connectivity index (χ0n) is 14.3. The van der Waals surface area contributed by atoms with Gasteiger partial charge < -0.3 is 9.84 Å².